The van der Waals surface area contributed by atoms with Crippen molar-refractivity contribution in [1.82, 2.24) is 4.90 Å². The van der Waals surface area contributed by atoms with Crippen LogP contribution in [0.25, 0.3) is 0 Å². The molecule has 0 spiro atoms. The van der Waals surface area contributed by atoms with E-state index >= 15 is 0 Å². The van der Waals surface area contributed by atoms with E-state index in [1.165, 1.54) is 11.2 Å². The Morgan fingerprint density at radius 1 is 1.53 bits per heavy atom. The van der Waals surface area contributed by atoms with Crippen molar-refractivity contribution in [3.63, 3.8) is 0 Å². The highest BCUT2D eigenvalue weighted by Crippen LogP contribution is 2.22. The predicted octanol–water partition coefficient (Wildman–Crippen LogP) is 0.0186. The van der Waals surface area contributed by atoms with Crippen LogP contribution < -0.4 is 0 Å². The number of carbonyl (C=O) groups excluding carboxylic acids is 1. The number of halogens is 1. The molecule has 0 aliphatic carbocycles. The van der Waals surface area contributed by atoms with Crippen LogP contribution in [-0.4, -0.2) is 55.3 Å². The van der Waals surface area contributed by atoms with Crippen molar-refractivity contribution in [3.8, 4) is 0 Å². The maximum absolute atomic E-state index is 11.7. The van der Waals surface area contributed by atoms with E-state index in [1.807, 2.05) is 0 Å². The van der Waals surface area contributed by atoms with Gasteiger partial charge in [-0.15, -0.1) is 21.8 Å². The topological polar surface area (TPSA) is 91.5 Å². The standard InChI is InChI=1S/C8H11ClN4O3S/c9-3-7(14)13(8-10-5-11-12-8)6-1-2-17(15,16)4-6/h5-6,8H,1-4H2/t6-,8+/m1/s1. The maximum atomic E-state index is 11.7. The smallest absolute Gasteiger partial charge is 0.240 e. The van der Waals surface area contributed by atoms with Crippen LogP contribution in [0, 0.1) is 0 Å². The number of alkyl halides is 1. The summed E-state index contributed by atoms with van der Waals surface area (Å²) in [5.41, 5.74) is 0. The van der Waals surface area contributed by atoms with E-state index in [2.05, 4.69) is 15.2 Å². The van der Waals surface area contributed by atoms with Crippen LogP contribution in [0.5, 0.6) is 0 Å². The minimum atomic E-state index is -3.07. The Morgan fingerprint density at radius 2 is 2.29 bits per heavy atom. The number of aliphatic imine (C=N–C) groups is 1. The average molecular weight is 279 g/mol. The van der Waals surface area contributed by atoms with Crippen LogP contribution in [0.3, 0.4) is 0 Å². The van der Waals surface area contributed by atoms with Crippen LogP contribution >= 0.6 is 11.6 Å². The monoisotopic (exact) mass is 278 g/mol. The van der Waals surface area contributed by atoms with E-state index in [9.17, 15) is 13.2 Å². The van der Waals surface area contributed by atoms with Gasteiger partial charge in [-0.05, 0) is 6.42 Å². The van der Waals surface area contributed by atoms with Gasteiger partial charge in [0.1, 0.15) is 12.2 Å². The van der Waals surface area contributed by atoms with Gasteiger partial charge in [-0.1, -0.05) is 0 Å². The lowest BCUT2D eigenvalue weighted by Crippen LogP contribution is -2.46. The van der Waals surface area contributed by atoms with Gasteiger partial charge in [-0.2, -0.15) is 0 Å². The number of azo groups is 1. The number of nitrogens with zero attached hydrogens (tertiary/aromatic N) is 4. The summed E-state index contributed by atoms with van der Waals surface area (Å²) in [6.07, 6.45) is 0.870. The number of hydrogen-bond acceptors (Lipinski definition) is 6. The van der Waals surface area contributed by atoms with Gasteiger partial charge >= 0.3 is 0 Å². The lowest BCUT2D eigenvalue weighted by Gasteiger charge is -2.28. The van der Waals surface area contributed by atoms with Crippen molar-refractivity contribution < 1.29 is 13.2 Å². The summed E-state index contributed by atoms with van der Waals surface area (Å²) >= 11 is 5.51. The van der Waals surface area contributed by atoms with E-state index in [-0.39, 0.29) is 23.3 Å². The zero-order valence-electron chi connectivity index (χ0n) is 8.86. The second kappa shape index (κ2) is 4.69. The van der Waals surface area contributed by atoms with Gasteiger partial charge in [-0.3, -0.25) is 9.69 Å². The van der Waals surface area contributed by atoms with Gasteiger partial charge in [0.25, 0.3) is 0 Å². The van der Waals surface area contributed by atoms with Gasteiger partial charge < -0.3 is 0 Å². The summed E-state index contributed by atoms with van der Waals surface area (Å²) in [7, 11) is -3.07. The van der Waals surface area contributed by atoms with Gasteiger partial charge in [0.2, 0.25) is 12.2 Å². The van der Waals surface area contributed by atoms with Crippen molar-refractivity contribution in [2.75, 3.05) is 17.4 Å². The third-order valence-electron chi connectivity index (χ3n) is 2.67. The van der Waals surface area contributed by atoms with Gasteiger partial charge in [-0.25, -0.2) is 13.4 Å². The molecule has 2 atom stereocenters. The molecule has 94 valence electrons. The normalized spacial score (nSPS) is 29.7. The summed E-state index contributed by atoms with van der Waals surface area (Å²) in [5.74, 6) is -0.580. The molecule has 17 heavy (non-hydrogen) atoms. The van der Waals surface area contributed by atoms with Crippen LogP contribution in [0.4, 0.5) is 0 Å². The fourth-order valence-corrected chi connectivity index (χ4v) is 3.77. The molecule has 7 nitrogen and oxygen atoms in total. The number of carbonyl (C=O) groups is 1. The molecule has 1 fully saturated rings. The van der Waals surface area contributed by atoms with E-state index < -0.39 is 22.2 Å². The van der Waals surface area contributed by atoms with E-state index in [0.29, 0.717) is 6.42 Å². The highest BCUT2D eigenvalue weighted by atomic mass is 35.5. The summed E-state index contributed by atoms with van der Waals surface area (Å²) in [4.78, 5) is 16.9. The second-order valence-corrected chi connectivity index (χ2v) is 6.33. The third-order valence-corrected chi connectivity index (χ3v) is 4.65. The summed E-state index contributed by atoms with van der Waals surface area (Å²) in [6, 6.07) is -0.412. The first-order chi connectivity index (χ1) is 8.03. The zero-order valence-corrected chi connectivity index (χ0v) is 10.4. The molecule has 9 heteroatoms. The van der Waals surface area contributed by atoms with Crippen molar-refractivity contribution in [3.05, 3.63) is 0 Å². The molecule has 0 bridgehead atoms. The Morgan fingerprint density at radius 3 is 2.76 bits per heavy atom. The molecule has 0 aromatic carbocycles. The molecule has 0 N–H and O–H groups in total. The number of amides is 1. The van der Waals surface area contributed by atoms with Gasteiger partial charge in [0.15, 0.2) is 9.84 Å². The predicted molar refractivity (Wildman–Crippen MR) is 61.8 cm³/mol. The van der Waals surface area contributed by atoms with Crippen molar-refractivity contribution in [1.29, 1.82) is 0 Å². The SMILES string of the molecule is O=C(CCl)N([C@@H]1CCS(=O)(=O)C1)[C@H]1N=CN=N1. The summed E-state index contributed by atoms with van der Waals surface area (Å²) in [5, 5.41) is 7.31. The van der Waals surface area contributed by atoms with Crippen LogP contribution in [0.15, 0.2) is 15.2 Å². The Bertz CT molecular complexity index is 463. The number of sulfone groups is 1. The highest BCUT2D eigenvalue weighted by molar-refractivity contribution is 7.91. The molecule has 0 radical (unpaired) electrons. The fourth-order valence-electron chi connectivity index (χ4n) is 1.92. The fraction of sp³-hybridized carbons (Fsp3) is 0.750. The third kappa shape index (κ3) is 2.63. The highest BCUT2D eigenvalue weighted by Gasteiger charge is 2.38. The summed E-state index contributed by atoms with van der Waals surface area (Å²) in [6.45, 7) is 0. The van der Waals surface area contributed by atoms with Crippen LogP contribution in [0.2, 0.25) is 0 Å². The lowest BCUT2D eigenvalue weighted by atomic mass is 10.2. The first-order valence-corrected chi connectivity index (χ1v) is 7.38. The second-order valence-electron chi connectivity index (χ2n) is 3.83. The molecular formula is C8H11ClN4O3S. The van der Waals surface area contributed by atoms with E-state index in [4.69, 9.17) is 11.6 Å². The van der Waals surface area contributed by atoms with E-state index in [1.54, 1.807) is 0 Å². The molecule has 2 heterocycles. The number of rotatable bonds is 3. The van der Waals surface area contributed by atoms with Gasteiger partial charge in [0, 0.05) is 0 Å². The van der Waals surface area contributed by atoms with Gasteiger partial charge in [0.05, 0.1) is 17.5 Å². The number of hydrogen-bond donors (Lipinski definition) is 0. The molecule has 0 aromatic rings. The minimum absolute atomic E-state index is 0.0584. The molecule has 0 saturated carbocycles. The Balaban J connectivity index is 2.19. The molecule has 1 amide bonds. The Hall–Kier alpha value is -1.02. The quantitative estimate of drug-likeness (QED) is 0.681. The van der Waals surface area contributed by atoms with Crippen molar-refractivity contribution in [2.45, 2.75) is 18.8 Å². The first-order valence-electron chi connectivity index (χ1n) is 5.02. The molecule has 2 aliphatic rings. The molecule has 2 aliphatic heterocycles. The molecule has 1 saturated heterocycles. The average Bonchev–Trinajstić information content (AvgIpc) is 2.89. The Kier molecular flexibility index (Phi) is 3.43. The first kappa shape index (κ1) is 12.4. The molecule has 0 aromatic heterocycles. The zero-order chi connectivity index (χ0) is 12.5. The van der Waals surface area contributed by atoms with Crippen LogP contribution in [0.1, 0.15) is 6.42 Å². The van der Waals surface area contributed by atoms with Crippen molar-refractivity contribution >= 4 is 33.7 Å². The van der Waals surface area contributed by atoms with Crippen LogP contribution in [-0.2, 0) is 14.6 Å². The van der Waals surface area contributed by atoms with Crippen molar-refractivity contribution in [2.24, 2.45) is 15.2 Å². The molecule has 2 rings (SSSR count). The Labute approximate surface area is 103 Å². The minimum Gasteiger partial charge on any atom is -0.295 e. The molecule has 0 unspecified atom stereocenters. The maximum Gasteiger partial charge on any atom is 0.240 e. The largest absolute Gasteiger partial charge is 0.295 e. The summed E-state index contributed by atoms with van der Waals surface area (Å²) < 4.78 is 22.8. The lowest BCUT2D eigenvalue weighted by molar-refractivity contribution is -0.132. The van der Waals surface area contributed by atoms with E-state index in [0.717, 1.165) is 0 Å². The molecular weight excluding hydrogens is 268 g/mol.